The van der Waals surface area contributed by atoms with E-state index in [1.54, 1.807) is 17.1 Å². The van der Waals surface area contributed by atoms with E-state index in [1.807, 2.05) is 43.6 Å². The second-order valence-electron chi connectivity index (χ2n) is 7.68. The quantitative estimate of drug-likeness (QED) is 0.455. The molecule has 1 aliphatic carbocycles. The Balaban J connectivity index is 1.42. The van der Waals surface area contributed by atoms with Crippen molar-refractivity contribution < 1.29 is 9.84 Å². The van der Waals surface area contributed by atoms with Crippen molar-refractivity contribution in [3.8, 4) is 11.1 Å². The van der Waals surface area contributed by atoms with Crippen molar-refractivity contribution in [1.29, 1.82) is 0 Å². The molecule has 0 amide bonds. The molecule has 0 bridgehead atoms. The zero-order valence-electron chi connectivity index (χ0n) is 16.8. The smallest absolute Gasteiger partial charge is 0.134 e. The van der Waals surface area contributed by atoms with Gasteiger partial charge >= 0.3 is 0 Å². The number of nitrogens with zero attached hydrogens (tertiary/aromatic N) is 3. The Hall–Kier alpha value is -2.26. The van der Waals surface area contributed by atoms with E-state index in [1.165, 1.54) is 0 Å². The van der Waals surface area contributed by atoms with Gasteiger partial charge in [-0.25, -0.2) is 4.98 Å². The van der Waals surface area contributed by atoms with Crippen molar-refractivity contribution in [3.05, 3.63) is 64.5 Å². The van der Waals surface area contributed by atoms with Crippen LogP contribution in [0.5, 0.6) is 0 Å². The maximum absolute atomic E-state index is 10.9. The zero-order chi connectivity index (χ0) is 21.1. The molecule has 3 aromatic rings. The number of aryl methyl sites for hydroxylation is 1. The Kier molecular flexibility index (Phi) is 6.48. The minimum Gasteiger partial charge on any atom is -0.383 e. The maximum Gasteiger partial charge on any atom is 0.134 e. The summed E-state index contributed by atoms with van der Waals surface area (Å²) < 4.78 is 8.94. The van der Waals surface area contributed by atoms with Crippen LogP contribution in [0.3, 0.4) is 0 Å². The van der Waals surface area contributed by atoms with Gasteiger partial charge in [-0.15, -0.1) is 0 Å². The van der Waals surface area contributed by atoms with Crippen LogP contribution in [0.2, 0.25) is 0 Å². The van der Waals surface area contributed by atoms with Gasteiger partial charge in [-0.2, -0.15) is 5.10 Å². The molecule has 1 saturated carbocycles. The number of hydrogen-bond acceptors (Lipinski definition) is 6. The highest BCUT2D eigenvalue weighted by Gasteiger charge is 2.30. The van der Waals surface area contributed by atoms with Crippen molar-refractivity contribution in [2.24, 2.45) is 7.05 Å². The lowest BCUT2D eigenvalue weighted by Crippen LogP contribution is -2.39. The summed E-state index contributed by atoms with van der Waals surface area (Å²) in [6.45, 7) is 0.548. The first kappa shape index (κ1) is 21.0. The van der Waals surface area contributed by atoms with Crippen molar-refractivity contribution in [2.75, 3.05) is 5.73 Å². The number of halogens is 1. The molecule has 2 heterocycles. The second kappa shape index (κ2) is 9.26. The molecule has 30 heavy (non-hydrogen) atoms. The molecule has 158 valence electrons. The van der Waals surface area contributed by atoms with Gasteiger partial charge in [0.1, 0.15) is 12.0 Å². The minimum absolute atomic E-state index is 0.0407. The van der Waals surface area contributed by atoms with E-state index >= 15 is 0 Å². The lowest BCUT2D eigenvalue weighted by Gasteiger charge is -2.25. The molecule has 8 heteroatoms. The normalized spacial score (nSPS) is 19.8. The van der Waals surface area contributed by atoms with Gasteiger partial charge in [0.25, 0.3) is 0 Å². The number of benzene rings is 1. The molecule has 1 aromatic carbocycles. The molecule has 0 saturated heterocycles. The predicted octanol–water partition coefficient (Wildman–Crippen LogP) is 3.55. The number of nitrogens with one attached hydrogen (secondary N) is 1. The Morgan fingerprint density at radius 2 is 2.07 bits per heavy atom. The third-order valence-corrected chi connectivity index (χ3v) is 6.01. The molecular formula is C22H26BrN5O2. The first-order valence-electron chi connectivity index (χ1n) is 10.0. The SMILES string of the molecule is Cn1cc(-c2cnc(N)c(C(O)N[C@H]3CCC[C@@H]3OCc3ccc(Br)cc3)c2)cn1. The molecule has 0 aliphatic heterocycles. The summed E-state index contributed by atoms with van der Waals surface area (Å²) in [7, 11) is 1.86. The molecule has 3 atom stereocenters. The van der Waals surface area contributed by atoms with Gasteiger partial charge < -0.3 is 15.6 Å². The van der Waals surface area contributed by atoms with E-state index in [2.05, 4.69) is 31.3 Å². The Bertz CT molecular complexity index is 991. The van der Waals surface area contributed by atoms with Gasteiger partial charge in [-0.1, -0.05) is 28.1 Å². The largest absolute Gasteiger partial charge is 0.383 e. The second-order valence-corrected chi connectivity index (χ2v) is 8.60. The summed E-state index contributed by atoms with van der Waals surface area (Å²) in [5.41, 5.74) is 9.54. The van der Waals surface area contributed by atoms with Crippen LogP contribution >= 0.6 is 15.9 Å². The van der Waals surface area contributed by atoms with Gasteiger partial charge in [-0.05, 0) is 43.0 Å². The predicted molar refractivity (Wildman–Crippen MR) is 119 cm³/mol. The average molecular weight is 472 g/mol. The minimum atomic E-state index is -0.920. The van der Waals surface area contributed by atoms with Crippen LogP contribution in [0.1, 0.15) is 36.6 Å². The van der Waals surface area contributed by atoms with Gasteiger partial charge in [0.2, 0.25) is 0 Å². The molecule has 0 radical (unpaired) electrons. The van der Waals surface area contributed by atoms with E-state index in [0.717, 1.165) is 40.4 Å². The first-order valence-corrected chi connectivity index (χ1v) is 10.8. The van der Waals surface area contributed by atoms with Gasteiger partial charge in [0, 0.05) is 46.6 Å². The van der Waals surface area contributed by atoms with Crippen molar-refractivity contribution in [3.63, 3.8) is 0 Å². The summed E-state index contributed by atoms with van der Waals surface area (Å²) in [5, 5.41) is 18.4. The van der Waals surface area contributed by atoms with E-state index in [0.29, 0.717) is 18.0 Å². The lowest BCUT2D eigenvalue weighted by atomic mass is 10.1. The van der Waals surface area contributed by atoms with Crippen LogP contribution in [0, 0.1) is 0 Å². The highest BCUT2D eigenvalue weighted by atomic mass is 79.9. The van der Waals surface area contributed by atoms with Crippen LogP contribution in [-0.2, 0) is 18.4 Å². The fourth-order valence-electron chi connectivity index (χ4n) is 3.83. The molecule has 0 spiro atoms. The third-order valence-electron chi connectivity index (χ3n) is 5.48. The number of hydrogen-bond donors (Lipinski definition) is 3. The van der Waals surface area contributed by atoms with Crippen LogP contribution in [-0.4, -0.2) is 32.0 Å². The van der Waals surface area contributed by atoms with Crippen molar-refractivity contribution >= 4 is 21.7 Å². The number of nitrogens with two attached hydrogens (primary N) is 1. The zero-order valence-corrected chi connectivity index (χ0v) is 18.4. The number of pyridine rings is 1. The number of nitrogen functional groups attached to an aromatic ring is 1. The summed E-state index contributed by atoms with van der Waals surface area (Å²) in [4.78, 5) is 4.27. The van der Waals surface area contributed by atoms with Gasteiger partial charge in [0.05, 0.1) is 18.9 Å². The summed E-state index contributed by atoms with van der Waals surface area (Å²) in [6, 6.07) is 10.0. The summed E-state index contributed by atoms with van der Waals surface area (Å²) >= 11 is 3.45. The fraction of sp³-hybridized carbons (Fsp3) is 0.364. The van der Waals surface area contributed by atoms with Crippen LogP contribution in [0.25, 0.3) is 11.1 Å². The van der Waals surface area contributed by atoms with Crippen LogP contribution < -0.4 is 11.1 Å². The Morgan fingerprint density at radius 1 is 1.27 bits per heavy atom. The topological polar surface area (TPSA) is 98.2 Å². The number of aromatic nitrogens is 3. The van der Waals surface area contributed by atoms with Crippen LogP contribution in [0.4, 0.5) is 5.82 Å². The number of aliphatic hydroxyl groups excluding tert-OH is 1. The molecule has 4 N–H and O–H groups in total. The van der Waals surface area contributed by atoms with Crippen molar-refractivity contribution in [2.45, 2.75) is 44.2 Å². The Labute approximate surface area is 184 Å². The van der Waals surface area contributed by atoms with E-state index in [-0.39, 0.29) is 12.1 Å². The molecule has 1 unspecified atom stereocenters. The highest BCUT2D eigenvalue weighted by Crippen LogP contribution is 2.29. The van der Waals surface area contributed by atoms with Gasteiger partial charge in [-0.3, -0.25) is 10.00 Å². The maximum atomic E-state index is 10.9. The lowest BCUT2D eigenvalue weighted by molar-refractivity contribution is 0.00957. The summed E-state index contributed by atoms with van der Waals surface area (Å²) in [5.74, 6) is 0.313. The summed E-state index contributed by atoms with van der Waals surface area (Å²) in [6.07, 6.45) is 7.44. The highest BCUT2D eigenvalue weighted by molar-refractivity contribution is 9.10. The van der Waals surface area contributed by atoms with E-state index in [4.69, 9.17) is 10.5 Å². The fourth-order valence-corrected chi connectivity index (χ4v) is 4.10. The number of ether oxygens (including phenoxy) is 1. The number of aliphatic hydroxyl groups is 1. The van der Waals surface area contributed by atoms with E-state index in [9.17, 15) is 5.11 Å². The number of anilines is 1. The number of rotatable bonds is 7. The van der Waals surface area contributed by atoms with Crippen LogP contribution in [0.15, 0.2) is 53.4 Å². The molecule has 1 fully saturated rings. The average Bonchev–Trinajstić information content (AvgIpc) is 3.36. The standard InChI is InChI=1S/C22H26BrN5O2/c1-28-12-16(11-26-28)15-9-18(21(24)25-10-15)22(29)27-19-3-2-4-20(19)30-13-14-5-7-17(23)8-6-14/h5-12,19-20,22,27,29H,2-4,13H2,1H3,(H2,24,25)/t19-,20-,22?/m0/s1. The molecule has 1 aliphatic rings. The van der Waals surface area contributed by atoms with Gasteiger partial charge in [0.15, 0.2) is 0 Å². The molecule has 7 nitrogen and oxygen atoms in total. The monoisotopic (exact) mass is 471 g/mol. The molecular weight excluding hydrogens is 446 g/mol. The third kappa shape index (κ3) is 4.89. The van der Waals surface area contributed by atoms with E-state index < -0.39 is 6.23 Å². The Morgan fingerprint density at radius 3 is 2.80 bits per heavy atom. The molecule has 4 rings (SSSR count). The first-order chi connectivity index (χ1) is 14.5. The van der Waals surface area contributed by atoms with Crippen molar-refractivity contribution in [1.82, 2.24) is 20.1 Å². The molecule has 2 aromatic heterocycles.